The average Bonchev–Trinajstić information content (AvgIpc) is 2.35. The lowest BCUT2D eigenvalue weighted by Crippen LogP contribution is -2.00. The van der Waals surface area contributed by atoms with Gasteiger partial charge in [-0.05, 0) is 48.2 Å². The van der Waals surface area contributed by atoms with Crippen LogP contribution in [-0.2, 0) is 6.61 Å². The van der Waals surface area contributed by atoms with Gasteiger partial charge < -0.3 is 4.74 Å². The van der Waals surface area contributed by atoms with Gasteiger partial charge in [0.15, 0.2) is 0 Å². The van der Waals surface area contributed by atoms with Crippen LogP contribution >= 0.6 is 23.2 Å². The van der Waals surface area contributed by atoms with Crippen molar-refractivity contribution in [2.45, 2.75) is 25.3 Å². The molecule has 0 fully saturated rings. The monoisotopic (exact) mass is 294 g/mol. The SMILES string of the molecule is Cc1cc(C)cc(OCc2ccccc2C(Cl)Cl)c1. The zero-order valence-electron chi connectivity index (χ0n) is 11.0. The number of ether oxygens (including phenoxy) is 1. The maximum atomic E-state index is 5.95. The van der Waals surface area contributed by atoms with Crippen molar-refractivity contribution in [2.24, 2.45) is 0 Å². The second kappa shape index (κ2) is 6.31. The average molecular weight is 295 g/mol. The molecule has 0 amide bonds. The summed E-state index contributed by atoms with van der Waals surface area (Å²) in [4.78, 5) is -0.529. The van der Waals surface area contributed by atoms with Crippen molar-refractivity contribution in [3.63, 3.8) is 0 Å². The third-order valence-corrected chi connectivity index (χ3v) is 3.35. The van der Waals surface area contributed by atoms with Crippen LogP contribution in [0.1, 0.15) is 27.1 Å². The zero-order valence-corrected chi connectivity index (χ0v) is 12.5. The van der Waals surface area contributed by atoms with Gasteiger partial charge in [0.25, 0.3) is 0 Å². The van der Waals surface area contributed by atoms with Gasteiger partial charge in [-0.15, -0.1) is 23.2 Å². The Morgan fingerprint density at radius 3 is 2.26 bits per heavy atom. The minimum Gasteiger partial charge on any atom is -0.489 e. The van der Waals surface area contributed by atoms with Crippen molar-refractivity contribution in [1.29, 1.82) is 0 Å². The van der Waals surface area contributed by atoms with Crippen molar-refractivity contribution >= 4 is 23.2 Å². The minimum atomic E-state index is -0.529. The Bertz CT molecular complexity index is 544. The van der Waals surface area contributed by atoms with Gasteiger partial charge in [-0.25, -0.2) is 0 Å². The summed E-state index contributed by atoms with van der Waals surface area (Å²) in [6, 6.07) is 13.9. The minimum absolute atomic E-state index is 0.467. The Kier molecular flexibility index (Phi) is 4.73. The molecule has 2 aromatic rings. The lowest BCUT2D eigenvalue weighted by molar-refractivity contribution is 0.305. The summed E-state index contributed by atoms with van der Waals surface area (Å²) < 4.78 is 5.83. The molecule has 100 valence electrons. The highest BCUT2D eigenvalue weighted by molar-refractivity contribution is 6.44. The largest absolute Gasteiger partial charge is 0.489 e. The molecule has 0 atom stereocenters. The van der Waals surface area contributed by atoms with E-state index in [1.54, 1.807) is 0 Å². The maximum Gasteiger partial charge on any atom is 0.133 e. The summed E-state index contributed by atoms with van der Waals surface area (Å²) >= 11 is 11.9. The van der Waals surface area contributed by atoms with Gasteiger partial charge in [-0.2, -0.15) is 0 Å². The van der Waals surface area contributed by atoms with Crippen LogP contribution < -0.4 is 4.74 Å². The number of benzene rings is 2. The van der Waals surface area contributed by atoms with Crippen molar-refractivity contribution in [3.8, 4) is 5.75 Å². The molecule has 1 nitrogen and oxygen atoms in total. The first-order valence-corrected chi connectivity index (χ1v) is 7.00. The fraction of sp³-hybridized carbons (Fsp3) is 0.250. The Morgan fingerprint density at radius 1 is 1.00 bits per heavy atom. The predicted molar refractivity (Wildman–Crippen MR) is 81.1 cm³/mol. The van der Waals surface area contributed by atoms with E-state index in [4.69, 9.17) is 27.9 Å². The fourth-order valence-corrected chi connectivity index (χ4v) is 2.48. The summed E-state index contributed by atoms with van der Waals surface area (Å²) in [6.45, 7) is 4.58. The van der Waals surface area contributed by atoms with Gasteiger partial charge in [0.05, 0.1) is 0 Å². The molecule has 0 radical (unpaired) electrons. The van der Waals surface area contributed by atoms with E-state index < -0.39 is 4.84 Å². The molecule has 0 bridgehead atoms. The van der Waals surface area contributed by atoms with Crippen molar-refractivity contribution < 1.29 is 4.74 Å². The van der Waals surface area contributed by atoms with Gasteiger partial charge in [-0.1, -0.05) is 30.3 Å². The predicted octanol–water partition coefficient (Wildman–Crippen LogP) is 5.36. The van der Waals surface area contributed by atoms with E-state index >= 15 is 0 Å². The van der Waals surface area contributed by atoms with Crippen LogP contribution in [0.25, 0.3) is 0 Å². The normalized spacial score (nSPS) is 10.8. The van der Waals surface area contributed by atoms with Crippen LogP contribution in [0.4, 0.5) is 0 Å². The van der Waals surface area contributed by atoms with E-state index in [2.05, 4.69) is 19.9 Å². The number of hydrogen-bond acceptors (Lipinski definition) is 1. The van der Waals surface area contributed by atoms with Crippen LogP contribution in [0.15, 0.2) is 42.5 Å². The Hall–Kier alpha value is -1.18. The zero-order chi connectivity index (χ0) is 13.8. The number of hydrogen-bond donors (Lipinski definition) is 0. The first-order valence-electron chi connectivity index (χ1n) is 6.13. The Labute approximate surface area is 124 Å². The van der Waals surface area contributed by atoms with Crippen LogP contribution in [0.3, 0.4) is 0 Å². The van der Waals surface area contributed by atoms with Crippen molar-refractivity contribution in [1.82, 2.24) is 0 Å². The molecule has 0 unspecified atom stereocenters. The summed E-state index contributed by atoms with van der Waals surface area (Å²) in [5.74, 6) is 0.869. The molecule has 0 aliphatic heterocycles. The van der Waals surface area contributed by atoms with Gasteiger partial charge in [-0.3, -0.25) is 0 Å². The molecular formula is C16H16Cl2O. The molecule has 0 saturated heterocycles. The second-order valence-corrected chi connectivity index (χ2v) is 5.71. The smallest absolute Gasteiger partial charge is 0.133 e. The van der Waals surface area contributed by atoms with E-state index in [0.29, 0.717) is 6.61 Å². The molecule has 2 aromatic carbocycles. The summed E-state index contributed by atoms with van der Waals surface area (Å²) in [5.41, 5.74) is 4.29. The van der Waals surface area contributed by atoms with E-state index in [1.807, 2.05) is 36.4 Å². The molecule has 0 heterocycles. The van der Waals surface area contributed by atoms with Crippen LogP contribution in [0, 0.1) is 13.8 Å². The molecule has 0 N–H and O–H groups in total. The van der Waals surface area contributed by atoms with Crippen molar-refractivity contribution in [2.75, 3.05) is 0 Å². The van der Waals surface area contributed by atoms with Crippen molar-refractivity contribution in [3.05, 3.63) is 64.7 Å². The lowest BCUT2D eigenvalue weighted by atomic mass is 10.1. The summed E-state index contributed by atoms with van der Waals surface area (Å²) in [6.07, 6.45) is 0. The number of aryl methyl sites for hydroxylation is 2. The van der Waals surface area contributed by atoms with Gasteiger partial charge in [0.1, 0.15) is 17.2 Å². The number of halogens is 2. The summed E-state index contributed by atoms with van der Waals surface area (Å²) in [5, 5.41) is 0. The molecule has 19 heavy (non-hydrogen) atoms. The molecule has 2 rings (SSSR count). The quantitative estimate of drug-likeness (QED) is 0.690. The van der Waals surface area contributed by atoms with E-state index in [1.165, 1.54) is 11.1 Å². The van der Waals surface area contributed by atoms with Gasteiger partial charge >= 0.3 is 0 Å². The van der Waals surface area contributed by atoms with E-state index in [-0.39, 0.29) is 0 Å². The third kappa shape index (κ3) is 3.89. The van der Waals surface area contributed by atoms with E-state index in [9.17, 15) is 0 Å². The van der Waals surface area contributed by atoms with Gasteiger partial charge in [0.2, 0.25) is 0 Å². The first kappa shape index (κ1) is 14.2. The standard InChI is InChI=1S/C16H16Cl2O/c1-11-7-12(2)9-14(8-11)19-10-13-5-3-4-6-15(13)16(17)18/h3-9,16H,10H2,1-2H3. The first-order chi connectivity index (χ1) is 9.06. The third-order valence-electron chi connectivity index (χ3n) is 2.88. The highest BCUT2D eigenvalue weighted by Gasteiger charge is 2.09. The Balaban J connectivity index is 2.14. The molecule has 0 spiro atoms. The van der Waals surface area contributed by atoms with E-state index in [0.717, 1.165) is 16.9 Å². The van der Waals surface area contributed by atoms with Gasteiger partial charge in [0, 0.05) is 0 Å². The highest BCUT2D eigenvalue weighted by atomic mass is 35.5. The van der Waals surface area contributed by atoms with Crippen LogP contribution in [-0.4, -0.2) is 0 Å². The van der Waals surface area contributed by atoms with Crippen LogP contribution in [0.5, 0.6) is 5.75 Å². The lowest BCUT2D eigenvalue weighted by Gasteiger charge is -2.12. The molecular weight excluding hydrogens is 279 g/mol. The number of alkyl halides is 2. The maximum absolute atomic E-state index is 5.95. The Morgan fingerprint density at radius 2 is 1.63 bits per heavy atom. The molecule has 0 saturated carbocycles. The summed E-state index contributed by atoms with van der Waals surface area (Å²) in [7, 11) is 0. The molecule has 0 aliphatic rings. The number of rotatable bonds is 4. The highest BCUT2D eigenvalue weighted by Crippen LogP contribution is 2.28. The second-order valence-electron chi connectivity index (χ2n) is 4.61. The molecule has 0 aromatic heterocycles. The fourth-order valence-electron chi connectivity index (χ4n) is 2.06. The molecule has 0 aliphatic carbocycles. The van der Waals surface area contributed by atoms with Crippen LogP contribution in [0.2, 0.25) is 0 Å². The molecule has 3 heteroatoms. The topological polar surface area (TPSA) is 9.23 Å².